The van der Waals surface area contributed by atoms with Crippen LogP contribution in [0.25, 0.3) is 0 Å². The lowest BCUT2D eigenvalue weighted by Gasteiger charge is -2.21. The van der Waals surface area contributed by atoms with Gasteiger partial charge in [0, 0.05) is 13.3 Å². The quantitative estimate of drug-likeness (QED) is 0.671. The highest BCUT2D eigenvalue weighted by molar-refractivity contribution is 5.66. The zero-order valence-electron chi connectivity index (χ0n) is 9.62. The Bertz CT molecular complexity index is 166. The van der Waals surface area contributed by atoms with E-state index in [0.717, 1.165) is 6.42 Å². The van der Waals surface area contributed by atoms with E-state index < -0.39 is 0 Å². The highest BCUT2D eigenvalue weighted by atomic mass is 16.5. The summed E-state index contributed by atoms with van der Waals surface area (Å²) in [4.78, 5) is 10.8. The zero-order chi connectivity index (χ0) is 11.1. The molecule has 2 unspecified atom stereocenters. The van der Waals surface area contributed by atoms with Gasteiger partial charge < -0.3 is 9.84 Å². The van der Waals surface area contributed by atoms with Gasteiger partial charge in [-0.1, -0.05) is 20.8 Å². The fraction of sp³-hybridized carbons (Fsp3) is 0.909. The fourth-order valence-electron chi connectivity index (χ4n) is 1.42. The second-order valence-electron chi connectivity index (χ2n) is 4.16. The van der Waals surface area contributed by atoms with Crippen LogP contribution in [0, 0.1) is 5.92 Å². The van der Waals surface area contributed by atoms with Crippen molar-refractivity contribution in [3.05, 3.63) is 0 Å². The maximum absolute atomic E-state index is 10.8. The standard InChI is InChI=1S/C11H22O3/c1-5-10(13)7-11(6-8(2)3)14-9(4)12/h8,10-11,13H,5-7H2,1-4H3. The Hall–Kier alpha value is -0.570. The van der Waals surface area contributed by atoms with Gasteiger partial charge in [0.15, 0.2) is 0 Å². The van der Waals surface area contributed by atoms with Crippen molar-refractivity contribution in [1.29, 1.82) is 0 Å². The first-order chi connectivity index (χ1) is 6.45. The van der Waals surface area contributed by atoms with Crippen molar-refractivity contribution in [2.45, 2.75) is 59.2 Å². The third kappa shape index (κ3) is 6.89. The minimum Gasteiger partial charge on any atom is -0.462 e. The predicted octanol–water partition coefficient (Wildman–Crippen LogP) is 2.13. The van der Waals surface area contributed by atoms with Crippen molar-refractivity contribution < 1.29 is 14.6 Å². The topological polar surface area (TPSA) is 46.5 Å². The van der Waals surface area contributed by atoms with E-state index in [0.29, 0.717) is 18.8 Å². The Morgan fingerprint density at radius 3 is 2.29 bits per heavy atom. The van der Waals surface area contributed by atoms with Crippen LogP contribution >= 0.6 is 0 Å². The molecule has 0 rings (SSSR count). The van der Waals surface area contributed by atoms with E-state index in [4.69, 9.17) is 4.74 Å². The van der Waals surface area contributed by atoms with Crippen molar-refractivity contribution in [1.82, 2.24) is 0 Å². The van der Waals surface area contributed by atoms with Crippen LogP contribution in [-0.2, 0) is 9.53 Å². The van der Waals surface area contributed by atoms with E-state index in [9.17, 15) is 9.90 Å². The molecule has 0 aliphatic rings. The van der Waals surface area contributed by atoms with E-state index >= 15 is 0 Å². The van der Waals surface area contributed by atoms with E-state index in [1.165, 1.54) is 6.92 Å². The van der Waals surface area contributed by atoms with Crippen molar-refractivity contribution >= 4 is 5.97 Å². The summed E-state index contributed by atoms with van der Waals surface area (Å²) in [5, 5.41) is 9.46. The normalized spacial score (nSPS) is 15.3. The molecular weight excluding hydrogens is 180 g/mol. The molecule has 0 aliphatic heterocycles. The van der Waals surface area contributed by atoms with Gasteiger partial charge in [-0.25, -0.2) is 0 Å². The van der Waals surface area contributed by atoms with Crippen molar-refractivity contribution in [2.24, 2.45) is 5.92 Å². The van der Waals surface area contributed by atoms with Crippen LogP contribution in [0.1, 0.15) is 47.0 Å². The Balaban J connectivity index is 4.03. The Morgan fingerprint density at radius 1 is 1.36 bits per heavy atom. The maximum Gasteiger partial charge on any atom is 0.302 e. The van der Waals surface area contributed by atoms with Gasteiger partial charge in [0.05, 0.1) is 6.10 Å². The zero-order valence-corrected chi connectivity index (χ0v) is 9.62. The Morgan fingerprint density at radius 2 is 1.93 bits per heavy atom. The third-order valence-corrected chi connectivity index (χ3v) is 2.07. The van der Waals surface area contributed by atoms with Gasteiger partial charge in [0.1, 0.15) is 6.10 Å². The summed E-state index contributed by atoms with van der Waals surface area (Å²) in [6.07, 6.45) is 1.57. The first-order valence-corrected chi connectivity index (χ1v) is 5.31. The summed E-state index contributed by atoms with van der Waals surface area (Å²) in [6.45, 7) is 7.49. The van der Waals surface area contributed by atoms with Gasteiger partial charge in [0.2, 0.25) is 0 Å². The first kappa shape index (κ1) is 13.4. The molecule has 0 radical (unpaired) electrons. The Kier molecular flexibility index (Phi) is 6.54. The number of ether oxygens (including phenoxy) is 1. The van der Waals surface area contributed by atoms with E-state index in [-0.39, 0.29) is 18.2 Å². The molecule has 0 saturated heterocycles. The lowest BCUT2D eigenvalue weighted by atomic mass is 10.00. The second kappa shape index (κ2) is 6.82. The predicted molar refractivity (Wildman–Crippen MR) is 55.9 cm³/mol. The smallest absolute Gasteiger partial charge is 0.302 e. The van der Waals surface area contributed by atoms with Crippen molar-refractivity contribution in [3.63, 3.8) is 0 Å². The van der Waals surface area contributed by atoms with Gasteiger partial charge >= 0.3 is 5.97 Å². The van der Waals surface area contributed by atoms with Crippen LogP contribution in [0.5, 0.6) is 0 Å². The van der Waals surface area contributed by atoms with Crippen LogP contribution in [0.4, 0.5) is 0 Å². The molecular formula is C11H22O3. The van der Waals surface area contributed by atoms with Crippen LogP contribution in [-0.4, -0.2) is 23.3 Å². The number of carbonyl (C=O) groups is 1. The first-order valence-electron chi connectivity index (χ1n) is 5.31. The lowest BCUT2D eigenvalue weighted by Crippen LogP contribution is -2.24. The van der Waals surface area contributed by atoms with E-state index in [1.54, 1.807) is 0 Å². The number of aliphatic hydroxyl groups is 1. The molecule has 0 amide bonds. The monoisotopic (exact) mass is 202 g/mol. The number of aliphatic hydroxyl groups excluding tert-OH is 1. The maximum atomic E-state index is 10.8. The minimum absolute atomic E-state index is 0.137. The van der Waals surface area contributed by atoms with Gasteiger partial charge in [-0.15, -0.1) is 0 Å². The van der Waals surface area contributed by atoms with E-state index in [1.807, 2.05) is 6.92 Å². The summed E-state index contributed by atoms with van der Waals surface area (Å²) < 4.78 is 5.13. The number of esters is 1. The van der Waals surface area contributed by atoms with Crippen molar-refractivity contribution in [3.8, 4) is 0 Å². The molecule has 14 heavy (non-hydrogen) atoms. The molecule has 2 atom stereocenters. The molecule has 3 heteroatoms. The largest absolute Gasteiger partial charge is 0.462 e. The summed E-state index contributed by atoms with van der Waals surface area (Å²) in [5.41, 5.74) is 0. The molecule has 0 bridgehead atoms. The average Bonchev–Trinajstić information content (AvgIpc) is 2.01. The van der Waals surface area contributed by atoms with Gasteiger partial charge in [-0.05, 0) is 18.8 Å². The molecule has 0 aromatic rings. The van der Waals surface area contributed by atoms with E-state index in [2.05, 4.69) is 13.8 Å². The fourth-order valence-corrected chi connectivity index (χ4v) is 1.42. The molecule has 0 fully saturated rings. The van der Waals surface area contributed by atoms with Crippen LogP contribution in [0.2, 0.25) is 0 Å². The van der Waals surface area contributed by atoms with Crippen LogP contribution in [0.15, 0.2) is 0 Å². The van der Waals surface area contributed by atoms with Crippen molar-refractivity contribution in [2.75, 3.05) is 0 Å². The second-order valence-corrected chi connectivity index (χ2v) is 4.16. The lowest BCUT2D eigenvalue weighted by molar-refractivity contribution is -0.148. The summed E-state index contributed by atoms with van der Waals surface area (Å²) >= 11 is 0. The van der Waals surface area contributed by atoms with Gasteiger partial charge in [0.25, 0.3) is 0 Å². The molecule has 3 nitrogen and oxygen atoms in total. The molecule has 0 aliphatic carbocycles. The highest BCUT2D eigenvalue weighted by Crippen LogP contribution is 2.15. The molecule has 0 aromatic heterocycles. The Labute approximate surface area is 86.5 Å². The molecule has 0 saturated carbocycles. The summed E-state index contributed by atoms with van der Waals surface area (Å²) in [7, 11) is 0. The number of carbonyl (C=O) groups excluding carboxylic acids is 1. The summed E-state index contributed by atoms with van der Waals surface area (Å²) in [5.74, 6) is 0.211. The van der Waals surface area contributed by atoms with Crippen LogP contribution in [0.3, 0.4) is 0 Å². The SMILES string of the molecule is CCC(O)CC(CC(C)C)OC(C)=O. The average molecular weight is 202 g/mol. The molecule has 0 spiro atoms. The highest BCUT2D eigenvalue weighted by Gasteiger charge is 2.17. The number of hydrogen-bond acceptors (Lipinski definition) is 3. The molecule has 0 heterocycles. The number of rotatable bonds is 6. The summed E-state index contributed by atoms with van der Waals surface area (Å²) in [6, 6.07) is 0. The minimum atomic E-state index is -0.363. The molecule has 0 aromatic carbocycles. The molecule has 84 valence electrons. The molecule has 1 N–H and O–H groups in total. The van der Waals surface area contributed by atoms with Crippen LogP contribution < -0.4 is 0 Å². The number of hydrogen-bond donors (Lipinski definition) is 1. The van der Waals surface area contributed by atoms with Gasteiger partial charge in [-0.2, -0.15) is 0 Å². The van der Waals surface area contributed by atoms with Gasteiger partial charge in [-0.3, -0.25) is 4.79 Å². The third-order valence-electron chi connectivity index (χ3n) is 2.07.